The molecule has 0 saturated heterocycles. The lowest BCUT2D eigenvalue weighted by atomic mass is 9.85. The van der Waals surface area contributed by atoms with Crippen LogP contribution in [-0.4, -0.2) is 83.3 Å². The molecule has 103 heavy (non-hydrogen) atoms. The van der Waals surface area contributed by atoms with Gasteiger partial charge in [-0.15, -0.1) is 0 Å². The molecule has 3 atom stereocenters. The van der Waals surface area contributed by atoms with Crippen LogP contribution < -0.4 is 31.9 Å². The summed E-state index contributed by atoms with van der Waals surface area (Å²) in [5.41, 5.74) is 11.8. The highest BCUT2D eigenvalue weighted by atomic mass is 16.6. The van der Waals surface area contributed by atoms with E-state index < -0.39 is 74.3 Å². The van der Waals surface area contributed by atoms with Gasteiger partial charge in [0.2, 0.25) is 35.4 Å². The molecule has 518 valence electrons. The van der Waals surface area contributed by atoms with Crippen molar-refractivity contribution in [1.82, 2.24) is 30.9 Å². The van der Waals surface area contributed by atoms with Crippen molar-refractivity contribution in [1.29, 1.82) is 0 Å². The Hall–Kier alpha value is -13.4. The van der Waals surface area contributed by atoms with Crippen molar-refractivity contribution in [3.05, 3.63) is 316 Å². The van der Waals surface area contributed by atoms with Crippen molar-refractivity contribution >= 4 is 102 Å². The van der Waals surface area contributed by atoms with Crippen LogP contribution in [-0.2, 0) is 67.3 Å². The number of nitrogens with zero attached hydrogens (tertiary/aromatic N) is 3. The summed E-state index contributed by atoms with van der Waals surface area (Å²) in [4.78, 5) is 128. The molecule has 0 fully saturated rings. The van der Waals surface area contributed by atoms with Gasteiger partial charge in [0.05, 0.1) is 34.0 Å². The van der Waals surface area contributed by atoms with Crippen LogP contribution in [0, 0.1) is 51.1 Å². The van der Waals surface area contributed by atoms with Gasteiger partial charge in [-0.1, -0.05) is 127 Å². The number of carbonyl (C=O) groups excluding carboxylic acids is 6. The zero-order valence-corrected chi connectivity index (χ0v) is 56.1. The zero-order valence-electron chi connectivity index (χ0n) is 56.1. The number of amides is 6. The number of non-ortho nitro benzene ring substituents is 3. The van der Waals surface area contributed by atoms with Crippen LogP contribution in [0.3, 0.4) is 0 Å². The van der Waals surface area contributed by atoms with Gasteiger partial charge < -0.3 is 46.9 Å². The fourth-order valence-electron chi connectivity index (χ4n) is 13.0. The Balaban J connectivity index is 0.820. The lowest BCUT2D eigenvalue weighted by molar-refractivity contribution is -0.385. The van der Waals surface area contributed by atoms with Gasteiger partial charge in [-0.3, -0.25) is 59.1 Å². The number of nitro benzene ring substituents is 3. The molecule has 24 heteroatoms. The molecular weight excluding hydrogens is 1310 g/mol. The first kappa shape index (κ1) is 69.5. The van der Waals surface area contributed by atoms with E-state index in [0.29, 0.717) is 33.8 Å². The summed E-state index contributed by atoms with van der Waals surface area (Å²) in [6.45, 7) is 5.61. The number of H-pyrrole nitrogens is 3. The van der Waals surface area contributed by atoms with E-state index in [1.807, 2.05) is 130 Å². The van der Waals surface area contributed by atoms with Gasteiger partial charge in [0.25, 0.3) is 17.1 Å². The SMILES string of the molecule is Cc1[nH]c2ccccc2c1CC(=O)N[C@@H](Cc1ccc([N+](=O)[O-])cc1)C(=O)Nc1ccc(C(c2ccc(NC(=O)[C@H](Cc3ccc([N+](=O)[O-])cc3)NC(=O)Cc3c(C)[nH]c4ccccc34)cc2)c2ccc(NC(=O)[C@H](Cc3ccc([N+](=O)[O-])cc3)NC(=O)Cc3c(C)[nH]c4ccccc34)cc2)cc1. The third-order valence-corrected chi connectivity index (χ3v) is 18.3. The summed E-state index contributed by atoms with van der Waals surface area (Å²) in [5.74, 6) is -3.50. The number of carbonyl (C=O) groups is 6. The molecule has 3 heterocycles. The molecule has 12 rings (SSSR count). The summed E-state index contributed by atoms with van der Waals surface area (Å²) >= 11 is 0. The van der Waals surface area contributed by atoms with E-state index in [1.54, 1.807) is 36.4 Å². The standard InChI is InChI=1S/C79H70N12O12/c1-46-64(61-10-4-7-13-67(61)80-46)43-73(92)86-70(40-49-16-34-58(35-17-49)89(98)99)77(95)83-55-28-22-52(23-29-55)76(53-24-30-56(31-25-53)84-78(96)71(41-50-18-36-59(37-19-50)90(100)101)87-74(93)44-65-47(2)81-68-14-8-5-11-62(65)68)54-26-32-57(33-27-54)85-79(97)72(42-51-20-38-60(39-21-51)91(102)103)88-75(94)45-66-48(3)82-69-15-9-6-12-63(66)69/h4-39,70-72,76,80-82H,40-45H2,1-3H3,(H,83,95)(H,84,96)(H,85,97)(H,86,92)(H,87,93)(H,88,94)/t70-,71-,72-/m0/s1. The molecule has 0 bridgehead atoms. The first-order chi connectivity index (χ1) is 49.7. The Morgan fingerprint density at radius 1 is 0.340 bits per heavy atom. The molecule has 0 aliphatic rings. The second-order valence-electron chi connectivity index (χ2n) is 25.4. The number of aromatic nitrogens is 3. The molecule has 6 amide bonds. The Bertz CT molecular complexity index is 4690. The van der Waals surface area contributed by atoms with E-state index in [1.165, 1.54) is 72.8 Å². The molecule has 0 unspecified atom stereocenters. The van der Waals surface area contributed by atoms with E-state index in [-0.39, 0.29) is 55.6 Å². The van der Waals surface area contributed by atoms with Crippen LogP contribution in [0.5, 0.6) is 0 Å². The maximum atomic E-state index is 14.5. The normalized spacial score (nSPS) is 12.1. The second kappa shape index (κ2) is 30.8. The van der Waals surface area contributed by atoms with Gasteiger partial charge in [0, 0.05) is 128 Å². The lowest BCUT2D eigenvalue weighted by Gasteiger charge is -2.22. The number of hydrogen-bond acceptors (Lipinski definition) is 12. The van der Waals surface area contributed by atoms with Crippen LogP contribution in [0.4, 0.5) is 34.1 Å². The molecule has 0 saturated carbocycles. The summed E-state index contributed by atoms with van der Waals surface area (Å²) in [5, 5.41) is 54.9. The van der Waals surface area contributed by atoms with Crippen molar-refractivity contribution in [2.45, 2.75) is 83.3 Å². The minimum Gasteiger partial charge on any atom is -0.358 e. The third kappa shape index (κ3) is 16.7. The fraction of sp³-hybridized carbons (Fsp3) is 0.165. The lowest BCUT2D eigenvalue weighted by Crippen LogP contribution is -2.45. The summed E-state index contributed by atoms with van der Waals surface area (Å²) < 4.78 is 0. The van der Waals surface area contributed by atoms with Crippen molar-refractivity contribution in [2.75, 3.05) is 16.0 Å². The third-order valence-electron chi connectivity index (χ3n) is 18.3. The molecule has 9 aromatic carbocycles. The summed E-state index contributed by atoms with van der Waals surface area (Å²) in [6.07, 6.45) is -0.128. The number of anilines is 3. The highest BCUT2D eigenvalue weighted by molar-refractivity contribution is 6.01. The molecule has 3 aromatic heterocycles. The van der Waals surface area contributed by atoms with Crippen molar-refractivity contribution in [2.24, 2.45) is 0 Å². The van der Waals surface area contributed by atoms with Gasteiger partial charge in [-0.2, -0.15) is 0 Å². The van der Waals surface area contributed by atoms with Crippen molar-refractivity contribution in [3.63, 3.8) is 0 Å². The molecule has 12 aromatic rings. The maximum Gasteiger partial charge on any atom is 0.269 e. The van der Waals surface area contributed by atoms with Crippen molar-refractivity contribution in [3.8, 4) is 0 Å². The van der Waals surface area contributed by atoms with E-state index >= 15 is 0 Å². The average Bonchev–Trinajstić information content (AvgIpc) is 1.80. The van der Waals surface area contributed by atoms with E-state index in [9.17, 15) is 59.1 Å². The largest absolute Gasteiger partial charge is 0.358 e. The Labute approximate surface area is 589 Å². The number of para-hydroxylation sites is 3. The number of hydrogen-bond donors (Lipinski definition) is 9. The summed E-state index contributed by atoms with van der Waals surface area (Å²) in [7, 11) is 0. The van der Waals surface area contributed by atoms with Gasteiger partial charge in [-0.05, 0) is 125 Å². The molecule has 0 aliphatic carbocycles. The molecule has 24 nitrogen and oxygen atoms in total. The minimum absolute atomic E-state index is 0.00327. The number of aromatic amines is 3. The molecule has 0 aliphatic heterocycles. The monoisotopic (exact) mass is 1380 g/mol. The van der Waals surface area contributed by atoms with E-state index in [4.69, 9.17) is 0 Å². The molecule has 0 spiro atoms. The van der Waals surface area contributed by atoms with E-state index in [0.717, 1.165) is 83.2 Å². The van der Waals surface area contributed by atoms with Gasteiger partial charge in [0.1, 0.15) is 18.1 Å². The van der Waals surface area contributed by atoms with Crippen molar-refractivity contribution < 1.29 is 43.5 Å². The number of benzene rings is 9. The van der Waals surface area contributed by atoms with Crippen LogP contribution in [0.2, 0.25) is 0 Å². The quantitative estimate of drug-likeness (QED) is 0.0132. The Morgan fingerprint density at radius 3 is 0.825 bits per heavy atom. The van der Waals surface area contributed by atoms with Gasteiger partial charge in [0.15, 0.2) is 0 Å². The number of nitro groups is 3. The Kier molecular flexibility index (Phi) is 20.8. The van der Waals surface area contributed by atoms with Crippen LogP contribution in [0.25, 0.3) is 32.7 Å². The number of aryl methyl sites for hydroxylation is 3. The number of nitrogens with one attached hydrogen (secondary N) is 9. The fourth-order valence-corrected chi connectivity index (χ4v) is 13.0. The molecule has 9 N–H and O–H groups in total. The minimum atomic E-state index is -1.13. The number of rotatable bonds is 27. The average molecular weight is 1380 g/mol. The highest BCUT2D eigenvalue weighted by Gasteiger charge is 2.29. The molecular formula is C79H70N12O12. The van der Waals surface area contributed by atoms with Gasteiger partial charge >= 0.3 is 0 Å². The predicted octanol–water partition coefficient (Wildman–Crippen LogP) is 12.7. The Morgan fingerprint density at radius 2 is 0.583 bits per heavy atom. The van der Waals surface area contributed by atoms with Crippen LogP contribution >= 0.6 is 0 Å². The highest BCUT2D eigenvalue weighted by Crippen LogP contribution is 2.35. The van der Waals surface area contributed by atoms with Crippen LogP contribution in [0.1, 0.15) is 73.1 Å². The summed E-state index contributed by atoms with van der Waals surface area (Å²) in [6, 6.07) is 57.8. The second-order valence-corrected chi connectivity index (χ2v) is 25.4. The molecule has 0 radical (unpaired) electrons. The first-order valence-electron chi connectivity index (χ1n) is 33.2. The number of fused-ring (bicyclic) bond motifs is 3. The topological polar surface area (TPSA) is 351 Å². The predicted molar refractivity (Wildman–Crippen MR) is 393 cm³/mol. The maximum absolute atomic E-state index is 14.5. The van der Waals surface area contributed by atoms with Crippen LogP contribution in [0.15, 0.2) is 218 Å². The van der Waals surface area contributed by atoms with Gasteiger partial charge in [-0.25, -0.2) is 0 Å². The zero-order chi connectivity index (χ0) is 72.4. The first-order valence-corrected chi connectivity index (χ1v) is 33.2. The smallest absolute Gasteiger partial charge is 0.269 e. The van der Waals surface area contributed by atoms with E-state index in [2.05, 4.69) is 46.9 Å².